The molecule has 0 radical (unpaired) electrons. The average molecular weight is 415 g/mol. The van der Waals surface area contributed by atoms with Gasteiger partial charge >= 0.3 is 12.0 Å². The molecule has 1 rings (SSSR count). The number of esters is 1. The fourth-order valence-electron chi connectivity index (χ4n) is 2.35. The van der Waals surface area contributed by atoms with E-state index >= 15 is 0 Å². The third kappa shape index (κ3) is 9.59. The maximum Gasteiger partial charge on any atom is 0.328 e. The summed E-state index contributed by atoms with van der Waals surface area (Å²) in [5.74, 6) is 0.0151. The van der Waals surface area contributed by atoms with Crippen molar-refractivity contribution >= 4 is 23.6 Å². The Kier molecular flexibility index (Phi) is 11.1. The second kappa shape index (κ2) is 13.6. The van der Waals surface area contributed by atoms with E-state index in [1.807, 2.05) is 6.92 Å². The number of amides is 3. The Morgan fingerprint density at radius 3 is 2.50 bits per heavy atom. The van der Waals surface area contributed by atoms with Gasteiger partial charge in [0.05, 0.1) is 13.7 Å². The van der Waals surface area contributed by atoms with Crippen molar-refractivity contribution in [2.45, 2.75) is 32.2 Å². The molecule has 162 valence electrons. The van der Waals surface area contributed by atoms with Crippen LogP contribution in [-0.2, 0) is 14.3 Å². The highest BCUT2D eigenvalue weighted by atomic mass is 16.5. The van der Waals surface area contributed by atoms with Gasteiger partial charge in [-0.25, -0.2) is 9.59 Å². The molecule has 0 fully saturated rings. The molecule has 1 aromatic rings. The lowest BCUT2D eigenvalue weighted by molar-refractivity contribution is -0.145. The maximum absolute atomic E-state index is 12.0. The van der Waals surface area contributed by atoms with Crippen molar-refractivity contribution in [3.63, 3.8) is 0 Å². The van der Waals surface area contributed by atoms with Crippen LogP contribution in [0.1, 0.15) is 26.2 Å². The molecule has 8 nitrogen and oxygen atoms in total. The minimum absolute atomic E-state index is 0.276. The number of hydrogen-bond donors (Lipinski definition) is 3. The van der Waals surface area contributed by atoms with E-state index in [1.165, 1.54) is 7.11 Å². The van der Waals surface area contributed by atoms with Crippen LogP contribution in [0.15, 0.2) is 61.4 Å². The molecule has 0 aliphatic rings. The van der Waals surface area contributed by atoms with Gasteiger partial charge in [0.25, 0.3) is 0 Å². The Morgan fingerprint density at radius 2 is 1.90 bits per heavy atom. The first-order valence-electron chi connectivity index (χ1n) is 9.57. The standard InChI is InChI=1S/C22H29N3O5/c1-5-7-9-16(3)30-18-13-11-17(12-14-18)24-22(28)23-15-20(26)25-19(10-8-6-2)21(27)29-4/h5,7,9,11-14,19H,1,3,6,8,10,15H2,2,4H3,(H,25,26)(H2,23,24,28)/b9-7-. The number of ether oxygens (including phenoxy) is 2. The monoisotopic (exact) mass is 415 g/mol. The minimum atomic E-state index is -0.726. The Bertz CT molecular complexity index is 771. The van der Waals surface area contributed by atoms with Gasteiger partial charge in [-0.2, -0.15) is 0 Å². The van der Waals surface area contributed by atoms with Crippen molar-refractivity contribution < 1.29 is 23.9 Å². The van der Waals surface area contributed by atoms with Crippen molar-refractivity contribution in [3.8, 4) is 5.75 Å². The SMILES string of the molecule is C=C/C=C\C(=C)Oc1ccc(NC(=O)NCC(=O)NC(CCCC)C(=O)OC)cc1. The Hall–Kier alpha value is -3.55. The lowest BCUT2D eigenvalue weighted by Crippen LogP contribution is -2.46. The van der Waals surface area contributed by atoms with Crippen molar-refractivity contribution in [1.82, 2.24) is 10.6 Å². The van der Waals surface area contributed by atoms with E-state index in [4.69, 9.17) is 9.47 Å². The van der Waals surface area contributed by atoms with Gasteiger partial charge < -0.3 is 25.4 Å². The first-order valence-corrected chi connectivity index (χ1v) is 9.57. The summed E-state index contributed by atoms with van der Waals surface area (Å²) in [6.07, 6.45) is 7.12. The summed E-state index contributed by atoms with van der Waals surface area (Å²) in [4.78, 5) is 35.7. The number of methoxy groups -OCH3 is 1. The summed E-state index contributed by atoms with van der Waals surface area (Å²) in [5, 5.41) is 7.62. The van der Waals surface area contributed by atoms with Gasteiger partial charge in [-0.05, 0) is 36.8 Å². The molecule has 0 bridgehead atoms. The highest BCUT2D eigenvalue weighted by Gasteiger charge is 2.20. The maximum atomic E-state index is 12.0. The van der Waals surface area contributed by atoms with Crippen molar-refractivity contribution in [1.29, 1.82) is 0 Å². The van der Waals surface area contributed by atoms with E-state index in [0.29, 0.717) is 23.6 Å². The predicted molar refractivity (Wildman–Crippen MR) is 116 cm³/mol. The van der Waals surface area contributed by atoms with Gasteiger partial charge in [-0.15, -0.1) is 0 Å². The van der Waals surface area contributed by atoms with Gasteiger partial charge in [0.1, 0.15) is 17.6 Å². The topological polar surface area (TPSA) is 106 Å². The summed E-state index contributed by atoms with van der Waals surface area (Å²) in [5.41, 5.74) is 0.517. The van der Waals surface area contributed by atoms with Crippen molar-refractivity contribution in [2.75, 3.05) is 19.0 Å². The van der Waals surface area contributed by atoms with Crippen LogP contribution < -0.4 is 20.7 Å². The molecule has 0 heterocycles. The van der Waals surface area contributed by atoms with Crippen LogP contribution in [-0.4, -0.2) is 37.6 Å². The zero-order chi connectivity index (χ0) is 22.4. The van der Waals surface area contributed by atoms with Crippen LogP contribution in [0, 0.1) is 0 Å². The highest BCUT2D eigenvalue weighted by Crippen LogP contribution is 2.17. The molecular formula is C22H29N3O5. The number of anilines is 1. The van der Waals surface area contributed by atoms with E-state index in [1.54, 1.807) is 42.5 Å². The molecule has 3 N–H and O–H groups in total. The van der Waals surface area contributed by atoms with E-state index in [2.05, 4.69) is 29.1 Å². The number of benzene rings is 1. The zero-order valence-electron chi connectivity index (χ0n) is 17.4. The van der Waals surface area contributed by atoms with Gasteiger partial charge in [0.2, 0.25) is 5.91 Å². The van der Waals surface area contributed by atoms with E-state index in [9.17, 15) is 14.4 Å². The molecule has 0 saturated carbocycles. The number of hydrogen-bond acceptors (Lipinski definition) is 5. The normalized spacial score (nSPS) is 11.3. The summed E-state index contributed by atoms with van der Waals surface area (Å²) >= 11 is 0. The van der Waals surface area contributed by atoms with E-state index in [0.717, 1.165) is 12.8 Å². The number of urea groups is 1. The number of allylic oxidation sites excluding steroid dienone is 3. The van der Waals surface area contributed by atoms with Crippen LogP contribution in [0.3, 0.4) is 0 Å². The molecule has 0 aliphatic heterocycles. The first-order chi connectivity index (χ1) is 14.4. The van der Waals surface area contributed by atoms with Crippen molar-refractivity contribution in [3.05, 3.63) is 61.4 Å². The summed E-state index contributed by atoms with van der Waals surface area (Å²) in [6, 6.07) is 5.36. The number of nitrogens with one attached hydrogen (secondary N) is 3. The Morgan fingerprint density at radius 1 is 1.20 bits per heavy atom. The molecular weight excluding hydrogens is 386 g/mol. The second-order valence-electron chi connectivity index (χ2n) is 6.28. The second-order valence-corrected chi connectivity index (χ2v) is 6.28. The molecule has 0 aromatic heterocycles. The summed E-state index contributed by atoms with van der Waals surface area (Å²) < 4.78 is 10.2. The Labute approximate surface area is 177 Å². The number of carbonyl (C=O) groups is 3. The highest BCUT2D eigenvalue weighted by molar-refractivity contribution is 5.93. The molecule has 1 unspecified atom stereocenters. The third-order valence-corrected chi connectivity index (χ3v) is 3.86. The number of rotatable bonds is 12. The number of unbranched alkanes of at least 4 members (excludes halogenated alkanes) is 1. The lowest BCUT2D eigenvalue weighted by Gasteiger charge is -2.16. The fraction of sp³-hybridized carbons (Fsp3) is 0.318. The molecule has 8 heteroatoms. The quantitative estimate of drug-likeness (QED) is 0.276. The van der Waals surface area contributed by atoms with Gasteiger partial charge in [0.15, 0.2) is 0 Å². The van der Waals surface area contributed by atoms with Crippen LogP contribution in [0.4, 0.5) is 10.5 Å². The summed E-state index contributed by atoms with van der Waals surface area (Å²) in [6.45, 7) is 9.02. The smallest absolute Gasteiger partial charge is 0.328 e. The van der Waals surface area contributed by atoms with Crippen molar-refractivity contribution in [2.24, 2.45) is 0 Å². The molecule has 3 amide bonds. The minimum Gasteiger partial charge on any atom is -0.467 e. The molecule has 0 spiro atoms. The first kappa shape index (κ1) is 24.5. The van der Waals surface area contributed by atoms with Crippen LogP contribution in [0.5, 0.6) is 5.75 Å². The van der Waals surface area contributed by atoms with Gasteiger partial charge in [-0.3, -0.25) is 4.79 Å². The Balaban J connectivity index is 2.47. The zero-order valence-corrected chi connectivity index (χ0v) is 17.4. The van der Waals surface area contributed by atoms with Gasteiger partial charge in [0, 0.05) is 5.69 Å². The summed E-state index contributed by atoms with van der Waals surface area (Å²) in [7, 11) is 1.27. The van der Waals surface area contributed by atoms with Crippen LogP contribution in [0.2, 0.25) is 0 Å². The van der Waals surface area contributed by atoms with E-state index in [-0.39, 0.29) is 6.54 Å². The van der Waals surface area contributed by atoms with Crippen LogP contribution in [0.25, 0.3) is 0 Å². The van der Waals surface area contributed by atoms with Gasteiger partial charge in [-0.1, -0.05) is 45.1 Å². The predicted octanol–water partition coefficient (Wildman–Crippen LogP) is 3.29. The lowest BCUT2D eigenvalue weighted by atomic mass is 10.1. The average Bonchev–Trinajstić information content (AvgIpc) is 2.74. The molecule has 30 heavy (non-hydrogen) atoms. The van der Waals surface area contributed by atoms with E-state index < -0.39 is 23.9 Å². The third-order valence-electron chi connectivity index (χ3n) is 3.86. The fourth-order valence-corrected chi connectivity index (χ4v) is 2.35. The molecule has 1 aromatic carbocycles. The van der Waals surface area contributed by atoms with Crippen LogP contribution >= 0.6 is 0 Å². The number of carbonyl (C=O) groups excluding carboxylic acids is 3. The molecule has 0 saturated heterocycles. The molecule has 0 aliphatic carbocycles. The largest absolute Gasteiger partial charge is 0.467 e. The molecule has 1 atom stereocenters.